The Morgan fingerprint density at radius 2 is 1.34 bits per heavy atom. The highest BCUT2D eigenvalue weighted by atomic mass is 16.5. The molecular formula is C20H28N2O7. The smallest absolute Gasteiger partial charge is 0.251 e. The molecule has 29 heavy (non-hydrogen) atoms. The van der Waals surface area contributed by atoms with Gasteiger partial charge in [-0.15, -0.1) is 0 Å². The van der Waals surface area contributed by atoms with Crippen LogP contribution in [0.15, 0.2) is 24.3 Å². The molecular weight excluding hydrogens is 380 g/mol. The molecule has 0 atom stereocenters. The molecule has 2 N–H and O–H groups in total. The molecule has 0 saturated heterocycles. The maximum absolute atomic E-state index is 11.9. The molecule has 0 saturated carbocycles. The quantitative estimate of drug-likeness (QED) is 0.282. The molecule has 0 radical (unpaired) electrons. The number of ether oxygens (including phenoxy) is 3. The Balaban J connectivity index is 1.87. The van der Waals surface area contributed by atoms with Gasteiger partial charge < -0.3 is 29.6 Å². The number of carbonyl (C=O) groups excluding carboxylic acids is 4. The van der Waals surface area contributed by atoms with Crippen LogP contribution in [0.5, 0.6) is 0 Å². The lowest BCUT2D eigenvalue weighted by Gasteiger charge is -2.08. The number of aldehydes is 2. The molecule has 0 aliphatic rings. The molecule has 0 bridgehead atoms. The second-order valence-electron chi connectivity index (χ2n) is 5.89. The number of nitrogens with one attached hydrogen (secondary N) is 2. The molecule has 0 fully saturated rings. The van der Waals surface area contributed by atoms with Gasteiger partial charge in [0, 0.05) is 37.1 Å². The fraction of sp³-hybridized carbons (Fsp3) is 0.500. The summed E-state index contributed by atoms with van der Waals surface area (Å²) >= 11 is 0. The Morgan fingerprint density at radius 1 is 0.793 bits per heavy atom. The van der Waals surface area contributed by atoms with Crippen molar-refractivity contribution in [3.8, 4) is 0 Å². The fourth-order valence-electron chi connectivity index (χ4n) is 2.13. The van der Waals surface area contributed by atoms with Crippen molar-refractivity contribution in [3.63, 3.8) is 0 Å². The van der Waals surface area contributed by atoms with Crippen molar-refractivity contribution in [1.82, 2.24) is 10.6 Å². The van der Waals surface area contributed by atoms with E-state index >= 15 is 0 Å². The summed E-state index contributed by atoms with van der Waals surface area (Å²) in [6.45, 7) is 3.14. The van der Waals surface area contributed by atoms with Gasteiger partial charge in [-0.25, -0.2) is 0 Å². The SMILES string of the molecule is O=CCCC(=O)NCCOCCOCCOCCNC(=O)c1ccc(C=O)cc1. The monoisotopic (exact) mass is 408 g/mol. The van der Waals surface area contributed by atoms with Crippen LogP contribution in [0.4, 0.5) is 0 Å². The van der Waals surface area contributed by atoms with E-state index in [0.29, 0.717) is 70.1 Å². The van der Waals surface area contributed by atoms with Gasteiger partial charge in [-0.3, -0.25) is 14.4 Å². The van der Waals surface area contributed by atoms with Crippen LogP contribution in [0, 0.1) is 0 Å². The van der Waals surface area contributed by atoms with E-state index in [2.05, 4.69) is 10.6 Å². The first-order valence-electron chi connectivity index (χ1n) is 9.44. The minimum Gasteiger partial charge on any atom is -0.377 e. The van der Waals surface area contributed by atoms with Crippen molar-refractivity contribution in [2.45, 2.75) is 12.8 Å². The van der Waals surface area contributed by atoms with Gasteiger partial charge in [-0.05, 0) is 12.1 Å². The third-order valence-electron chi connectivity index (χ3n) is 3.64. The second-order valence-corrected chi connectivity index (χ2v) is 5.89. The molecule has 0 aliphatic heterocycles. The maximum atomic E-state index is 11.9. The predicted molar refractivity (Wildman–Crippen MR) is 105 cm³/mol. The first-order chi connectivity index (χ1) is 14.2. The van der Waals surface area contributed by atoms with Gasteiger partial charge in [0.2, 0.25) is 5.91 Å². The van der Waals surface area contributed by atoms with Gasteiger partial charge >= 0.3 is 0 Å². The highest BCUT2D eigenvalue weighted by Gasteiger charge is 2.04. The average Bonchev–Trinajstić information content (AvgIpc) is 2.75. The fourth-order valence-corrected chi connectivity index (χ4v) is 2.13. The van der Waals surface area contributed by atoms with Crippen molar-refractivity contribution in [1.29, 1.82) is 0 Å². The lowest BCUT2D eigenvalue weighted by atomic mass is 10.1. The van der Waals surface area contributed by atoms with E-state index in [9.17, 15) is 19.2 Å². The number of benzene rings is 1. The summed E-state index contributed by atoms with van der Waals surface area (Å²) in [7, 11) is 0. The topological polar surface area (TPSA) is 120 Å². The van der Waals surface area contributed by atoms with Crippen LogP contribution in [-0.2, 0) is 23.8 Å². The molecule has 0 unspecified atom stereocenters. The minimum absolute atomic E-state index is 0.166. The van der Waals surface area contributed by atoms with Crippen LogP contribution in [0.2, 0.25) is 0 Å². The summed E-state index contributed by atoms with van der Waals surface area (Å²) in [5, 5.41) is 5.37. The zero-order valence-electron chi connectivity index (χ0n) is 16.4. The van der Waals surface area contributed by atoms with Crippen LogP contribution in [0.25, 0.3) is 0 Å². The Hall–Kier alpha value is -2.62. The highest BCUT2D eigenvalue weighted by Crippen LogP contribution is 2.02. The molecule has 0 aromatic heterocycles. The van der Waals surface area contributed by atoms with E-state index < -0.39 is 0 Å². The summed E-state index contributed by atoms with van der Waals surface area (Å²) in [6, 6.07) is 6.37. The van der Waals surface area contributed by atoms with Crippen LogP contribution in [-0.4, -0.2) is 77.1 Å². The van der Waals surface area contributed by atoms with Crippen molar-refractivity contribution in [2.75, 3.05) is 52.7 Å². The summed E-state index contributed by atoms with van der Waals surface area (Å²) in [4.78, 5) is 43.8. The Labute approximate surface area is 170 Å². The third-order valence-corrected chi connectivity index (χ3v) is 3.64. The summed E-state index contributed by atoms with van der Waals surface area (Å²) in [5.41, 5.74) is 1.01. The number of carbonyl (C=O) groups is 4. The van der Waals surface area contributed by atoms with E-state index in [-0.39, 0.29) is 24.7 Å². The van der Waals surface area contributed by atoms with Crippen LogP contribution < -0.4 is 10.6 Å². The Morgan fingerprint density at radius 3 is 1.90 bits per heavy atom. The van der Waals surface area contributed by atoms with Gasteiger partial charge in [-0.1, -0.05) is 12.1 Å². The first-order valence-corrected chi connectivity index (χ1v) is 9.44. The van der Waals surface area contributed by atoms with Crippen LogP contribution in [0.3, 0.4) is 0 Å². The summed E-state index contributed by atoms with van der Waals surface area (Å²) in [6.07, 6.45) is 1.86. The zero-order valence-corrected chi connectivity index (χ0v) is 16.4. The van der Waals surface area contributed by atoms with Crippen LogP contribution in [0.1, 0.15) is 33.6 Å². The molecule has 1 aromatic carbocycles. The van der Waals surface area contributed by atoms with E-state index in [0.717, 1.165) is 6.29 Å². The van der Waals surface area contributed by atoms with Crippen molar-refractivity contribution in [3.05, 3.63) is 35.4 Å². The van der Waals surface area contributed by atoms with Gasteiger partial charge in [0.05, 0.1) is 39.6 Å². The van der Waals surface area contributed by atoms with Crippen molar-refractivity contribution >= 4 is 24.4 Å². The Bertz CT molecular complexity index is 620. The van der Waals surface area contributed by atoms with Crippen molar-refractivity contribution < 1.29 is 33.4 Å². The molecule has 160 valence electrons. The van der Waals surface area contributed by atoms with Crippen LogP contribution >= 0.6 is 0 Å². The van der Waals surface area contributed by atoms with E-state index in [1.807, 2.05) is 0 Å². The molecule has 0 heterocycles. The lowest BCUT2D eigenvalue weighted by molar-refractivity contribution is -0.122. The number of hydrogen-bond acceptors (Lipinski definition) is 7. The minimum atomic E-state index is -0.223. The second kappa shape index (κ2) is 16.3. The molecule has 1 aromatic rings. The van der Waals surface area contributed by atoms with E-state index in [1.54, 1.807) is 24.3 Å². The zero-order chi connectivity index (χ0) is 21.2. The molecule has 0 spiro atoms. The lowest BCUT2D eigenvalue weighted by Crippen LogP contribution is -2.28. The average molecular weight is 408 g/mol. The van der Waals surface area contributed by atoms with E-state index in [1.165, 1.54) is 0 Å². The predicted octanol–water partition coefficient (Wildman–Crippen LogP) is 0.374. The highest BCUT2D eigenvalue weighted by molar-refractivity contribution is 5.94. The van der Waals surface area contributed by atoms with E-state index in [4.69, 9.17) is 14.2 Å². The first kappa shape index (κ1) is 24.4. The standard InChI is InChI=1S/C20H28N2O7/c23-9-1-2-19(25)21-7-10-27-12-14-29-15-13-28-11-8-22-20(26)18-5-3-17(16-24)4-6-18/h3-6,9,16H,1-2,7-8,10-15H2,(H,21,25)(H,22,26). The third kappa shape index (κ3) is 12.5. The molecule has 9 nitrogen and oxygen atoms in total. The molecule has 9 heteroatoms. The van der Waals surface area contributed by atoms with Gasteiger partial charge in [0.1, 0.15) is 12.6 Å². The number of rotatable bonds is 17. The van der Waals surface area contributed by atoms with Gasteiger partial charge in [0.15, 0.2) is 0 Å². The molecule has 0 aliphatic carbocycles. The molecule has 1 rings (SSSR count). The Kier molecular flexibility index (Phi) is 13.8. The number of hydrogen-bond donors (Lipinski definition) is 2. The molecule has 2 amide bonds. The normalized spacial score (nSPS) is 10.3. The summed E-state index contributed by atoms with van der Waals surface area (Å²) in [5.74, 6) is -0.388. The summed E-state index contributed by atoms with van der Waals surface area (Å²) < 4.78 is 16.0. The van der Waals surface area contributed by atoms with Gasteiger partial charge in [0.25, 0.3) is 5.91 Å². The largest absolute Gasteiger partial charge is 0.377 e. The van der Waals surface area contributed by atoms with Crippen molar-refractivity contribution in [2.24, 2.45) is 0 Å². The maximum Gasteiger partial charge on any atom is 0.251 e. The number of amides is 2. The van der Waals surface area contributed by atoms with Gasteiger partial charge in [-0.2, -0.15) is 0 Å².